The van der Waals surface area contributed by atoms with Gasteiger partial charge >= 0.3 is 5.97 Å². The monoisotopic (exact) mass is 434 g/mol. The van der Waals surface area contributed by atoms with Gasteiger partial charge in [0, 0.05) is 0 Å². The first-order valence-corrected chi connectivity index (χ1v) is 10.3. The zero-order chi connectivity index (χ0) is 23.1. The van der Waals surface area contributed by atoms with Crippen molar-refractivity contribution in [1.82, 2.24) is 0 Å². The standard InChI is InChI=1S/C25H26N2O5/c1-4-29-25(28)22-17(3)32-24(27)20(15-26)23(22)18-9-11-19(12-10-18)30-13-14-31-21-8-6-5-7-16(21)2/h5-12,23H,4,13-14,27H2,1-3H3. The number of aryl methyl sites for hydroxylation is 1. The molecular weight excluding hydrogens is 408 g/mol. The van der Waals surface area contributed by atoms with Crippen molar-refractivity contribution in [3.05, 3.63) is 82.4 Å². The van der Waals surface area contributed by atoms with E-state index in [1.165, 1.54) is 0 Å². The number of ether oxygens (including phenoxy) is 4. The predicted octanol–water partition coefficient (Wildman–Crippen LogP) is 4.10. The Hall–Kier alpha value is -3.92. The summed E-state index contributed by atoms with van der Waals surface area (Å²) in [6.45, 7) is 6.32. The van der Waals surface area contributed by atoms with Gasteiger partial charge in [-0.1, -0.05) is 30.3 Å². The van der Waals surface area contributed by atoms with Crippen molar-refractivity contribution >= 4 is 5.97 Å². The molecule has 0 amide bonds. The van der Waals surface area contributed by atoms with Crippen LogP contribution in [0.4, 0.5) is 0 Å². The van der Waals surface area contributed by atoms with E-state index in [2.05, 4.69) is 6.07 Å². The molecule has 7 heteroatoms. The number of carbonyl (C=O) groups is 1. The molecule has 2 aromatic rings. The fraction of sp³-hybridized carbons (Fsp3) is 0.280. The molecule has 32 heavy (non-hydrogen) atoms. The van der Waals surface area contributed by atoms with E-state index in [1.807, 2.05) is 31.2 Å². The first-order valence-electron chi connectivity index (χ1n) is 10.3. The van der Waals surface area contributed by atoms with E-state index < -0.39 is 11.9 Å². The molecule has 1 unspecified atom stereocenters. The minimum atomic E-state index is -0.675. The van der Waals surface area contributed by atoms with Crippen LogP contribution in [-0.4, -0.2) is 25.8 Å². The van der Waals surface area contributed by atoms with E-state index in [0.29, 0.717) is 30.3 Å². The summed E-state index contributed by atoms with van der Waals surface area (Å²) in [4.78, 5) is 12.6. The number of hydrogen-bond donors (Lipinski definition) is 1. The number of para-hydroxylation sites is 1. The molecule has 0 radical (unpaired) electrons. The molecule has 166 valence electrons. The molecule has 3 rings (SSSR count). The van der Waals surface area contributed by atoms with E-state index in [1.54, 1.807) is 38.1 Å². The average molecular weight is 434 g/mol. The van der Waals surface area contributed by atoms with Crippen LogP contribution in [0.25, 0.3) is 0 Å². The lowest BCUT2D eigenvalue weighted by molar-refractivity contribution is -0.139. The number of nitrogens with two attached hydrogens (primary N) is 1. The molecule has 0 spiro atoms. The van der Waals surface area contributed by atoms with Crippen LogP contribution in [0.15, 0.2) is 71.3 Å². The fourth-order valence-corrected chi connectivity index (χ4v) is 3.47. The Kier molecular flexibility index (Phi) is 7.40. The lowest BCUT2D eigenvalue weighted by Gasteiger charge is -2.26. The summed E-state index contributed by atoms with van der Waals surface area (Å²) >= 11 is 0. The number of nitriles is 1. The van der Waals surface area contributed by atoms with E-state index >= 15 is 0 Å². The molecule has 2 aromatic carbocycles. The van der Waals surface area contributed by atoms with Crippen LogP contribution in [0.5, 0.6) is 11.5 Å². The van der Waals surface area contributed by atoms with Gasteiger partial charge < -0.3 is 24.7 Å². The molecule has 1 aliphatic heterocycles. The van der Waals surface area contributed by atoms with Gasteiger partial charge in [-0.2, -0.15) is 5.26 Å². The summed E-state index contributed by atoms with van der Waals surface area (Å²) in [7, 11) is 0. The quantitative estimate of drug-likeness (QED) is 0.493. The highest BCUT2D eigenvalue weighted by Gasteiger charge is 2.36. The smallest absolute Gasteiger partial charge is 0.338 e. The van der Waals surface area contributed by atoms with Crippen LogP contribution in [0.2, 0.25) is 0 Å². The van der Waals surface area contributed by atoms with Gasteiger partial charge in [-0.15, -0.1) is 0 Å². The third-order valence-electron chi connectivity index (χ3n) is 5.02. The minimum Gasteiger partial charge on any atom is -0.490 e. The van der Waals surface area contributed by atoms with Crippen molar-refractivity contribution in [2.75, 3.05) is 19.8 Å². The first kappa shape index (κ1) is 22.8. The normalized spacial score (nSPS) is 15.6. The SMILES string of the molecule is CCOC(=O)C1=C(C)OC(N)=C(C#N)C1c1ccc(OCCOc2ccccc2C)cc1. The fourth-order valence-electron chi connectivity index (χ4n) is 3.47. The van der Waals surface area contributed by atoms with Crippen LogP contribution in [0.1, 0.15) is 30.9 Å². The van der Waals surface area contributed by atoms with Gasteiger partial charge in [-0.3, -0.25) is 0 Å². The zero-order valence-electron chi connectivity index (χ0n) is 18.4. The summed E-state index contributed by atoms with van der Waals surface area (Å²) in [5, 5.41) is 9.64. The van der Waals surface area contributed by atoms with Crippen molar-refractivity contribution in [1.29, 1.82) is 5.26 Å². The molecule has 1 heterocycles. The van der Waals surface area contributed by atoms with Gasteiger partial charge in [0.05, 0.1) is 18.1 Å². The molecule has 0 saturated heterocycles. The number of benzene rings is 2. The van der Waals surface area contributed by atoms with E-state index in [0.717, 1.165) is 11.3 Å². The van der Waals surface area contributed by atoms with Crippen LogP contribution in [0.3, 0.4) is 0 Å². The van der Waals surface area contributed by atoms with Crippen molar-refractivity contribution in [3.63, 3.8) is 0 Å². The Balaban J connectivity index is 1.72. The highest BCUT2D eigenvalue weighted by molar-refractivity contribution is 5.92. The van der Waals surface area contributed by atoms with Crippen LogP contribution >= 0.6 is 0 Å². The molecule has 2 N–H and O–H groups in total. The highest BCUT2D eigenvalue weighted by Crippen LogP contribution is 2.39. The van der Waals surface area contributed by atoms with Gasteiger partial charge in [-0.25, -0.2) is 4.79 Å². The Morgan fingerprint density at radius 3 is 2.44 bits per heavy atom. The largest absolute Gasteiger partial charge is 0.490 e. The summed E-state index contributed by atoms with van der Waals surface area (Å²) < 4.78 is 22.1. The van der Waals surface area contributed by atoms with Gasteiger partial charge in [0.25, 0.3) is 0 Å². The molecular formula is C25H26N2O5. The molecule has 1 atom stereocenters. The molecule has 1 aliphatic rings. The number of allylic oxidation sites excluding steroid dienone is 2. The maximum Gasteiger partial charge on any atom is 0.338 e. The number of nitrogens with zero attached hydrogens (tertiary/aromatic N) is 1. The Morgan fingerprint density at radius 2 is 1.78 bits per heavy atom. The third kappa shape index (κ3) is 5.03. The topological polar surface area (TPSA) is 104 Å². The van der Waals surface area contributed by atoms with E-state index in [-0.39, 0.29) is 23.6 Å². The van der Waals surface area contributed by atoms with Crippen LogP contribution < -0.4 is 15.2 Å². The number of rotatable bonds is 8. The summed E-state index contributed by atoms with van der Waals surface area (Å²) in [6.07, 6.45) is 0. The van der Waals surface area contributed by atoms with Crippen molar-refractivity contribution in [3.8, 4) is 17.6 Å². The summed E-state index contributed by atoms with van der Waals surface area (Å²) in [6, 6.07) is 17.0. The molecule has 0 fully saturated rings. The highest BCUT2D eigenvalue weighted by atomic mass is 16.5. The number of hydrogen-bond acceptors (Lipinski definition) is 7. The van der Waals surface area contributed by atoms with Crippen LogP contribution in [0, 0.1) is 18.3 Å². The second-order valence-corrected chi connectivity index (χ2v) is 7.15. The molecule has 0 saturated carbocycles. The van der Waals surface area contributed by atoms with Gasteiger partial charge in [0.2, 0.25) is 5.88 Å². The van der Waals surface area contributed by atoms with Crippen molar-refractivity contribution in [2.24, 2.45) is 5.73 Å². The van der Waals surface area contributed by atoms with Gasteiger partial charge in [0.1, 0.15) is 42.1 Å². The summed E-state index contributed by atoms with van der Waals surface area (Å²) in [5.74, 6) is 0.557. The number of carbonyl (C=O) groups excluding carboxylic acids is 1. The second kappa shape index (κ2) is 10.4. The first-order chi connectivity index (χ1) is 15.5. The Labute approximate surface area is 187 Å². The third-order valence-corrected chi connectivity index (χ3v) is 5.02. The minimum absolute atomic E-state index is 0.0169. The average Bonchev–Trinajstić information content (AvgIpc) is 2.78. The molecule has 0 aromatic heterocycles. The zero-order valence-corrected chi connectivity index (χ0v) is 18.4. The van der Waals surface area contributed by atoms with E-state index in [9.17, 15) is 10.1 Å². The van der Waals surface area contributed by atoms with Crippen LogP contribution in [-0.2, 0) is 14.3 Å². The second-order valence-electron chi connectivity index (χ2n) is 7.15. The Bertz CT molecular complexity index is 1080. The van der Waals surface area contributed by atoms with Crippen molar-refractivity contribution in [2.45, 2.75) is 26.7 Å². The molecule has 0 aliphatic carbocycles. The van der Waals surface area contributed by atoms with Gasteiger partial charge in [-0.05, 0) is 50.1 Å². The predicted molar refractivity (Wildman–Crippen MR) is 119 cm³/mol. The van der Waals surface area contributed by atoms with E-state index in [4.69, 9.17) is 24.7 Å². The maximum atomic E-state index is 12.6. The lowest BCUT2D eigenvalue weighted by Crippen LogP contribution is -2.25. The number of esters is 1. The maximum absolute atomic E-state index is 12.6. The van der Waals surface area contributed by atoms with Gasteiger partial charge in [0.15, 0.2) is 0 Å². The van der Waals surface area contributed by atoms with Crippen molar-refractivity contribution < 1.29 is 23.7 Å². The summed E-state index contributed by atoms with van der Waals surface area (Å²) in [5.41, 5.74) is 8.12. The Morgan fingerprint density at radius 1 is 1.09 bits per heavy atom. The lowest BCUT2D eigenvalue weighted by atomic mass is 9.83. The molecule has 7 nitrogen and oxygen atoms in total. The molecule has 0 bridgehead atoms.